The van der Waals surface area contributed by atoms with E-state index in [1.54, 1.807) is 24.3 Å². The molecule has 2 aromatic carbocycles. The third-order valence-corrected chi connectivity index (χ3v) is 3.55. The van der Waals surface area contributed by atoms with E-state index in [4.69, 9.17) is 11.6 Å². The number of nitrogens with one attached hydrogen (secondary N) is 1. The van der Waals surface area contributed by atoms with E-state index in [0.717, 1.165) is 0 Å². The van der Waals surface area contributed by atoms with Crippen LogP contribution < -0.4 is 5.32 Å². The van der Waals surface area contributed by atoms with Gasteiger partial charge in [-0.3, -0.25) is 14.4 Å². The number of anilines is 1. The van der Waals surface area contributed by atoms with Gasteiger partial charge in [-0.2, -0.15) is 0 Å². The van der Waals surface area contributed by atoms with Crippen LogP contribution in [0.2, 0.25) is 5.02 Å². The predicted molar refractivity (Wildman–Crippen MR) is 79.1 cm³/mol. The molecule has 1 aliphatic carbocycles. The minimum atomic E-state index is -0.300. The fourth-order valence-corrected chi connectivity index (χ4v) is 2.63. The van der Waals surface area contributed by atoms with Crippen molar-refractivity contribution in [3.63, 3.8) is 0 Å². The van der Waals surface area contributed by atoms with Gasteiger partial charge in [-0.1, -0.05) is 23.7 Å². The number of carbonyl (C=O) groups is 3. The minimum Gasteiger partial charge on any atom is -0.326 e. The van der Waals surface area contributed by atoms with Crippen molar-refractivity contribution < 1.29 is 14.4 Å². The summed E-state index contributed by atoms with van der Waals surface area (Å²) < 4.78 is 0. The Morgan fingerprint density at radius 3 is 2.48 bits per heavy atom. The van der Waals surface area contributed by atoms with Crippen molar-refractivity contribution in [3.8, 4) is 0 Å². The molecule has 1 amide bonds. The largest absolute Gasteiger partial charge is 0.326 e. The first-order valence-electron chi connectivity index (χ1n) is 6.28. The van der Waals surface area contributed by atoms with Gasteiger partial charge in [0.1, 0.15) is 0 Å². The normalized spacial score (nSPS) is 12.7. The summed E-state index contributed by atoms with van der Waals surface area (Å²) in [4.78, 5) is 36.4. The Bertz CT molecular complexity index is 811. The second-order valence-corrected chi connectivity index (χ2v) is 5.19. The number of benzene rings is 2. The van der Waals surface area contributed by atoms with E-state index in [9.17, 15) is 14.4 Å². The summed E-state index contributed by atoms with van der Waals surface area (Å²) in [5.74, 6) is -0.861. The zero-order chi connectivity index (χ0) is 15.1. The first-order chi connectivity index (χ1) is 9.99. The maximum Gasteiger partial charge on any atom is 0.221 e. The number of hydrogen-bond acceptors (Lipinski definition) is 3. The number of ketones is 2. The molecule has 3 rings (SSSR count). The SMILES string of the molecule is CC(=O)Nc1cccc2c1C(=O)c1ccc(Cl)cc1C2=O. The average molecular weight is 300 g/mol. The fraction of sp³-hybridized carbons (Fsp3) is 0.0625. The maximum atomic E-state index is 12.6. The van der Waals surface area contributed by atoms with Gasteiger partial charge in [-0.25, -0.2) is 0 Å². The van der Waals surface area contributed by atoms with Crippen LogP contribution in [0.5, 0.6) is 0 Å². The first kappa shape index (κ1) is 13.5. The van der Waals surface area contributed by atoms with Crippen LogP contribution in [0.25, 0.3) is 0 Å². The topological polar surface area (TPSA) is 63.2 Å². The Balaban J connectivity index is 2.25. The highest BCUT2D eigenvalue weighted by molar-refractivity contribution is 6.34. The standard InChI is InChI=1S/C16H10ClNO3/c1-8(19)18-13-4-2-3-11-14(13)16(21)10-6-5-9(17)7-12(10)15(11)20/h2-7H,1H3,(H,18,19). The molecular formula is C16H10ClNO3. The van der Waals surface area contributed by atoms with Crippen LogP contribution in [-0.2, 0) is 4.79 Å². The van der Waals surface area contributed by atoms with Gasteiger partial charge in [0.2, 0.25) is 5.91 Å². The second kappa shape index (κ2) is 4.82. The summed E-state index contributed by atoms with van der Waals surface area (Å²) in [6, 6.07) is 9.40. The van der Waals surface area contributed by atoms with E-state index in [2.05, 4.69) is 5.32 Å². The number of amides is 1. The van der Waals surface area contributed by atoms with Gasteiger partial charge in [-0.05, 0) is 24.3 Å². The van der Waals surface area contributed by atoms with E-state index in [-0.39, 0.29) is 28.6 Å². The van der Waals surface area contributed by atoms with Crippen LogP contribution in [0.3, 0.4) is 0 Å². The lowest BCUT2D eigenvalue weighted by Crippen LogP contribution is -2.23. The summed E-state index contributed by atoms with van der Waals surface area (Å²) in [6.07, 6.45) is 0. The van der Waals surface area contributed by atoms with Gasteiger partial charge >= 0.3 is 0 Å². The van der Waals surface area contributed by atoms with Crippen LogP contribution in [0.4, 0.5) is 5.69 Å². The fourth-order valence-electron chi connectivity index (χ4n) is 2.46. The van der Waals surface area contributed by atoms with Crippen molar-refractivity contribution in [2.24, 2.45) is 0 Å². The van der Waals surface area contributed by atoms with Gasteiger partial charge in [0.25, 0.3) is 0 Å². The van der Waals surface area contributed by atoms with Crippen molar-refractivity contribution in [3.05, 3.63) is 63.7 Å². The molecule has 0 saturated carbocycles. The summed E-state index contributed by atoms with van der Waals surface area (Å²) in [5, 5.41) is 2.99. The zero-order valence-electron chi connectivity index (χ0n) is 11.1. The lowest BCUT2D eigenvalue weighted by atomic mass is 9.83. The average Bonchev–Trinajstić information content (AvgIpc) is 2.44. The molecule has 0 bridgehead atoms. The van der Waals surface area contributed by atoms with Crippen molar-refractivity contribution >= 4 is 34.8 Å². The number of rotatable bonds is 1. The molecule has 0 fully saturated rings. The van der Waals surface area contributed by atoms with E-state index < -0.39 is 0 Å². The van der Waals surface area contributed by atoms with Crippen LogP contribution in [-0.4, -0.2) is 17.5 Å². The smallest absolute Gasteiger partial charge is 0.221 e. The highest BCUT2D eigenvalue weighted by Gasteiger charge is 2.31. The van der Waals surface area contributed by atoms with Crippen LogP contribution in [0.15, 0.2) is 36.4 Å². The first-order valence-corrected chi connectivity index (χ1v) is 6.66. The Hall–Kier alpha value is -2.46. The Morgan fingerprint density at radius 1 is 1.00 bits per heavy atom. The Morgan fingerprint density at radius 2 is 1.76 bits per heavy atom. The minimum absolute atomic E-state index is 0.229. The number of fused-ring (bicyclic) bond motifs is 2. The van der Waals surface area contributed by atoms with Gasteiger partial charge in [-0.15, -0.1) is 0 Å². The lowest BCUT2D eigenvalue weighted by molar-refractivity contribution is -0.114. The van der Waals surface area contributed by atoms with Crippen LogP contribution in [0, 0.1) is 0 Å². The molecule has 4 nitrogen and oxygen atoms in total. The summed E-state index contributed by atoms with van der Waals surface area (Å²) in [5.41, 5.74) is 1.45. The summed E-state index contributed by atoms with van der Waals surface area (Å²) >= 11 is 5.90. The molecule has 104 valence electrons. The highest BCUT2D eigenvalue weighted by atomic mass is 35.5. The highest BCUT2D eigenvalue weighted by Crippen LogP contribution is 2.33. The maximum absolute atomic E-state index is 12.6. The third kappa shape index (κ3) is 2.14. The number of halogens is 1. The van der Waals surface area contributed by atoms with Crippen molar-refractivity contribution in [2.75, 3.05) is 5.32 Å². The number of carbonyl (C=O) groups excluding carboxylic acids is 3. The van der Waals surface area contributed by atoms with Gasteiger partial charge in [0.05, 0.1) is 11.3 Å². The molecule has 0 heterocycles. The molecule has 0 spiro atoms. The van der Waals surface area contributed by atoms with Gasteiger partial charge in [0.15, 0.2) is 11.6 Å². The molecule has 0 unspecified atom stereocenters. The molecule has 0 atom stereocenters. The monoisotopic (exact) mass is 299 g/mol. The Kier molecular flexibility index (Phi) is 3.11. The summed E-state index contributed by atoms with van der Waals surface area (Å²) in [7, 11) is 0. The molecule has 5 heteroatoms. The van der Waals surface area contributed by atoms with E-state index in [0.29, 0.717) is 21.8 Å². The van der Waals surface area contributed by atoms with Crippen LogP contribution >= 0.6 is 11.6 Å². The van der Waals surface area contributed by atoms with Crippen molar-refractivity contribution in [1.29, 1.82) is 0 Å². The Labute approximate surface area is 125 Å². The molecule has 0 aromatic heterocycles. The van der Waals surface area contributed by atoms with Crippen LogP contribution in [0.1, 0.15) is 38.8 Å². The molecule has 2 aromatic rings. The molecule has 21 heavy (non-hydrogen) atoms. The molecule has 0 saturated heterocycles. The molecular weight excluding hydrogens is 290 g/mol. The van der Waals surface area contributed by atoms with E-state index in [1.807, 2.05) is 0 Å². The van der Waals surface area contributed by atoms with Crippen molar-refractivity contribution in [1.82, 2.24) is 0 Å². The van der Waals surface area contributed by atoms with E-state index in [1.165, 1.54) is 19.1 Å². The second-order valence-electron chi connectivity index (χ2n) is 4.76. The molecule has 1 aliphatic rings. The predicted octanol–water partition coefficient (Wildman–Crippen LogP) is 3.07. The molecule has 0 radical (unpaired) electrons. The molecule has 1 N–H and O–H groups in total. The van der Waals surface area contributed by atoms with Gasteiger partial charge in [0, 0.05) is 28.6 Å². The summed E-state index contributed by atoms with van der Waals surface area (Å²) in [6.45, 7) is 1.35. The zero-order valence-corrected chi connectivity index (χ0v) is 11.8. The van der Waals surface area contributed by atoms with E-state index >= 15 is 0 Å². The van der Waals surface area contributed by atoms with Gasteiger partial charge < -0.3 is 5.32 Å². The third-order valence-electron chi connectivity index (χ3n) is 3.32. The van der Waals surface area contributed by atoms with Crippen molar-refractivity contribution in [2.45, 2.75) is 6.92 Å². The lowest BCUT2D eigenvalue weighted by Gasteiger charge is -2.20. The quantitative estimate of drug-likeness (QED) is 0.751. The molecule has 0 aliphatic heterocycles. The number of hydrogen-bond donors (Lipinski definition) is 1.